The molecule has 0 saturated carbocycles. The Labute approximate surface area is 114 Å². The van der Waals surface area contributed by atoms with Crippen LogP contribution in [0.2, 0.25) is 5.02 Å². The largest absolute Gasteiger partial charge is 0.381 e. The third kappa shape index (κ3) is 4.38. The van der Waals surface area contributed by atoms with Gasteiger partial charge in [-0.1, -0.05) is 23.7 Å². The van der Waals surface area contributed by atoms with Crippen LogP contribution in [0.3, 0.4) is 0 Å². The first-order valence-corrected chi connectivity index (χ1v) is 5.46. The zero-order valence-electron chi connectivity index (χ0n) is 8.91. The molecule has 5 heteroatoms. The Bertz CT molecular complexity index is 301. The maximum atomic E-state index is 6.07. The van der Waals surface area contributed by atoms with Crippen LogP contribution in [0.1, 0.15) is 12.8 Å². The van der Waals surface area contributed by atoms with Gasteiger partial charge in [-0.2, -0.15) is 0 Å². The van der Waals surface area contributed by atoms with Crippen LogP contribution in [0.5, 0.6) is 0 Å². The van der Waals surface area contributed by atoms with Gasteiger partial charge in [0.05, 0.1) is 10.7 Å². The van der Waals surface area contributed by atoms with Crippen LogP contribution in [0.4, 0.5) is 5.69 Å². The number of halogens is 3. The van der Waals surface area contributed by atoms with E-state index in [-0.39, 0.29) is 24.8 Å². The molecule has 92 valence electrons. The lowest BCUT2D eigenvalue weighted by Gasteiger charge is -2.25. The van der Waals surface area contributed by atoms with Gasteiger partial charge in [-0.3, -0.25) is 0 Å². The minimum Gasteiger partial charge on any atom is -0.381 e. The van der Waals surface area contributed by atoms with Crippen LogP contribution in [0, 0.1) is 0 Å². The molecule has 0 unspecified atom stereocenters. The van der Waals surface area contributed by atoms with Crippen molar-refractivity contribution in [2.75, 3.05) is 18.4 Å². The fraction of sp³-hybridized carbons (Fsp3) is 0.455. The number of nitrogens with one attached hydrogen (secondary N) is 2. The predicted octanol–water partition coefficient (Wildman–Crippen LogP) is 3.35. The number of rotatable bonds is 2. The summed E-state index contributed by atoms with van der Waals surface area (Å²) in [5.41, 5.74) is 1.06. The molecular weight excluding hydrogens is 266 g/mol. The molecule has 0 aromatic heterocycles. The number of hydrogen-bond acceptors (Lipinski definition) is 2. The van der Waals surface area contributed by atoms with Gasteiger partial charge in [-0.15, -0.1) is 24.8 Å². The molecule has 0 atom stereocenters. The monoisotopic (exact) mass is 282 g/mol. The van der Waals surface area contributed by atoms with E-state index in [1.54, 1.807) is 0 Å². The van der Waals surface area contributed by atoms with Gasteiger partial charge in [-0.25, -0.2) is 0 Å². The van der Waals surface area contributed by atoms with Gasteiger partial charge >= 0.3 is 0 Å². The van der Waals surface area contributed by atoms with Gasteiger partial charge < -0.3 is 10.6 Å². The third-order valence-electron chi connectivity index (χ3n) is 2.57. The van der Waals surface area contributed by atoms with Crippen molar-refractivity contribution in [2.45, 2.75) is 18.9 Å². The molecule has 2 N–H and O–H groups in total. The van der Waals surface area contributed by atoms with Crippen molar-refractivity contribution in [2.24, 2.45) is 0 Å². The Morgan fingerprint density at radius 1 is 1.12 bits per heavy atom. The molecule has 1 aliphatic heterocycles. The summed E-state index contributed by atoms with van der Waals surface area (Å²) in [6.45, 7) is 2.20. The van der Waals surface area contributed by atoms with Crippen molar-refractivity contribution >= 4 is 42.1 Å². The van der Waals surface area contributed by atoms with E-state index in [0.29, 0.717) is 6.04 Å². The maximum absolute atomic E-state index is 6.07. The molecule has 16 heavy (non-hydrogen) atoms. The van der Waals surface area contributed by atoms with E-state index in [1.165, 1.54) is 12.8 Å². The summed E-state index contributed by atoms with van der Waals surface area (Å²) in [5, 5.41) is 7.63. The molecule has 1 aromatic rings. The van der Waals surface area contributed by atoms with E-state index in [4.69, 9.17) is 11.6 Å². The predicted molar refractivity (Wildman–Crippen MR) is 75.5 cm³/mol. The number of para-hydroxylation sites is 1. The second-order valence-electron chi connectivity index (χ2n) is 3.65. The van der Waals surface area contributed by atoms with Crippen LogP contribution in [-0.2, 0) is 0 Å². The van der Waals surface area contributed by atoms with E-state index in [1.807, 2.05) is 24.3 Å². The number of benzene rings is 1. The first-order chi connectivity index (χ1) is 6.86. The quantitative estimate of drug-likeness (QED) is 0.870. The lowest BCUT2D eigenvalue weighted by Crippen LogP contribution is -2.35. The van der Waals surface area contributed by atoms with E-state index in [9.17, 15) is 0 Å². The van der Waals surface area contributed by atoms with Crippen LogP contribution >= 0.6 is 36.4 Å². The summed E-state index contributed by atoms with van der Waals surface area (Å²) < 4.78 is 0. The summed E-state index contributed by atoms with van der Waals surface area (Å²) in [6, 6.07) is 8.48. The van der Waals surface area contributed by atoms with E-state index < -0.39 is 0 Å². The summed E-state index contributed by atoms with van der Waals surface area (Å²) in [4.78, 5) is 0. The second kappa shape index (κ2) is 8.02. The van der Waals surface area contributed by atoms with Crippen LogP contribution < -0.4 is 10.6 Å². The molecule has 1 aromatic carbocycles. The van der Waals surface area contributed by atoms with Crippen LogP contribution in [0.25, 0.3) is 0 Å². The van der Waals surface area contributed by atoms with Crippen molar-refractivity contribution in [3.8, 4) is 0 Å². The number of hydrogen-bond donors (Lipinski definition) is 2. The Hall–Kier alpha value is -0.150. The third-order valence-corrected chi connectivity index (χ3v) is 2.90. The highest BCUT2D eigenvalue weighted by atomic mass is 35.5. The Morgan fingerprint density at radius 2 is 1.75 bits per heavy atom. The Balaban J connectivity index is 0.00000112. The second-order valence-corrected chi connectivity index (χ2v) is 4.06. The van der Waals surface area contributed by atoms with Gasteiger partial charge in [0.1, 0.15) is 0 Å². The van der Waals surface area contributed by atoms with E-state index in [2.05, 4.69) is 10.6 Å². The Kier molecular flexibility index (Phi) is 7.94. The molecule has 0 bridgehead atoms. The maximum Gasteiger partial charge on any atom is 0.0637 e. The topological polar surface area (TPSA) is 24.1 Å². The standard InChI is InChI=1S/C11H15ClN2.2ClH/c12-10-3-1-2-4-11(10)14-9-5-7-13-8-6-9;;/h1-4,9,13-14H,5-8H2;2*1H. The number of piperidine rings is 1. The minimum absolute atomic E-state index is 0. The fourth-order valence-corrected chi connectivity index (χ4v) is 1.95. The van der Waals surface area contributed by atoms with Crippen molar-refractivity contribution in [1.82, 2.24) is 5.32 Å². The van der Waals surface area contributed by atoms with E-state index >= 15 is 0 Å². The van der Waals surface area contributed by atoms with Gasteiger partial charge in [0.15, 0.2) is 0 Å². The molecule has 1 heterocycles. The Morgan fingerprint density at radius 3 is 2.38 bits per heavy atom. The lowest BCUT2D eigenvalue weighted by molar-refractivity contribution is 0.479. The van der Waals surface area contributed by atoms with Crippen LogP contribution in [0.15, 0.2) is 24.3 Å². The summed E-state index contributed by atoms with van der Waals surface area (Å²) in [6.07, 6.45) is 2.34. The molecule has 1 fully saturated rings. The molecular formula is C11H17Cl3N2. The van der Waals surface area contributed by atoms with Gasteiger partial charge in [0.25, 0.3) is 0 Å². The normalized spacial score (nSPS) is 15.8. The van der Waals surface area contributed by atoms with E-state index in [0.717, 1.165) is 23.8 Å². The molecule has 0 radical (unpaired) electrons. The SMILES string of the molecule is Cl.Cl.Clc1ccccc1NC1CCNCC1. The summed E-state index contributed by atoms with van der Waals surface area (Å²) >= 11 is 6.07. The zero-order valence-corrected chi connectivity index (χ0v) is 11.3. The summed E-state index contributed by atoms with van der Waals surface area (Å²) in [5.74, 6) is 0. The summed E-state index contributed by atoms with van der Waals surface area (Å²) in [7, 11) is 0. The molecule has 0 amide bonds. The van der Waals surface area contributed by atoms with Gasteiger partial charge in [-0.05, 0) is 38.1 Å². The highest BCUT2D eigenvalue weighted by Crippen LogP contribution is 2.22. The van der Waals surface area contributed by atoms with Crippen molar-refractivity contribution < 1.29 is 0 Å². The lowest BCUT2D eigenvalue weighted by atomic mass is 10.1. The van der Waals surface area contributed by atoms with Crippen LogP contribution in [-0.4, -0.2) is 19.1 Å². The van der Waals surface area contributed by atoms with Crippen molar-refractivity contribution in [1.29, 1.82) is 0 Å². The average Bonchev–Trinajstić information content (AvgIpc) is 2.23. The number of anilines is 1. The first-order valence-electron chi connectivity index (χ1n) is 5.08. The first kappa shape index (κ1) is 15.9. The molecule has 2 rings (SSSR count). The fourth-order valence-electron chi connectivity index (χ4n) is 1.76. The highest BCUT2D eigenvalue weighted by Gasteiger charge is 2.12. The smallest absolute Gasteiger partial charge is 0.0637 e. The minimum atomic E-state index is 0. The van der Waals surface area contributed by atoms with Gasteiger partial charge in [0, 0.05) is 6.04 Å². The molecule has 1 aliphatic rings. The highest BCUT2D eigenvalue weighted by molar-refractivity contribution is 6.33. The van der Waals surface area contributed by atoms with Crippen molar-refractivity contribution in [3.05, 3.63) is 29.3 Å². The molecule has 0 spiro atoms. The van der Waals surface area contributed by atoms with Crippen molar-refractivity contribution in [3.63, 3.8) is 0 Å². The average molecular weight is 284 g/mol. The molecule has 2 nitrogen and oxygen atoms in total. The molecule has 0 aliphatic carbocycles. The molecule has 1 saturated heterocycles. The van der Waals surface area contributed by atoms with Gasteiger partial charge in [0.2, 0.25) is 0 Å². The zero-order chi connectivity index (χ0) is 9.80.